The highest BCUT2D eigenvalue weighted by Crippen LogP contribution is 2.31. The number of unbranched alkanes of at least 4 members (excludes halogenated alkanes) is 8. The monoisotopic (exact) mass is 498 g/mol. The standard InChI is InChI=1S/C29H42N2O3S/c1-3-5-7-9-11-20-30-29(34)31(21-12-10-8-6-4-2)25-14-13-15-27(23-25)35-26-18-16-24(17-19-26)22-28(32)33/h13-19,23H,3-12,20-22H2,1-2H3,(H,30,34)(H,32,33). The average Bonchev–Trinajstić information content (AvgIpc) is 2.84. The Morgan fingerprint density at radius 1 is 0.829 bits per heavy atom. The molecule has 0 aliphatic carbocycles. The Bertz CT molecular complexity index is 886. The molecule has 0 spiro atoms. The fourth-order valence-electron chi connectivity index (χ4n) is 3.94. The fraction of sp³-hybridized carbons (Fsp3) is 0.517. The topological polar surface area (TPSA) is 69.6 Å². The van der Waals surface area contributed by atoms with Crippen LogP contribution in [0.15, 0.2) is 58.3 Å². The molecule has 0 unspecified atom stereocenters. The molecule has 2 aromatic carbocycles. The Hall–Kier alpha value is -2.47. The van der Waals surface area contributed by atoms with E-state index in [9.17, 15) is 9.59 Å². The molecule has 5 nitrogen and oxygen atoms in total. The van der Waals surface area contributed by atoms with Crippen molar-refractivity contribution in [2.45, 2.75) is 94.3 Å². The molecular formula is C29H42N2O3S. The summed E-state index contributed by atoms with van der Waals surface area (Å²) in [6.07, 6.45) is 11.7. The number of urea groups is 1. The van der Waals surface area contributed by atoms with E-state index in [0.717, 1.165) is 46.7 Å². The Kier molecular flexibility index (Phi) is 14.0. The summed E-state index contributed by atoms with van der Waals surface area (Å²) in [5, 5.41) is 12.1. The van der Waals surface area contributed by atoms with Gasteiger partial charge in [-0.3, -0.25) is 9.69 Å². The highest BCUT2D eigenvalue weighted by atomic mass is 32.2. The molecule has 0 saturated carbocycles. The van der Waals surface area contributed by atoms with Crippen LogP contribution in [-0.4, -0.2) is 30.2 Å². The summed E-state index contributed by atoms with van der Waals surface area (Å²) in [7, 11) is 0. The summed E-state index contributed by atoms with van der Waals surface area (Å²) in [6.45, 7) is 5.85. The van der Waals surface area contributed by atoms with E-state index in [1.165, 1.54) is 38.5 Å². The van der Waals surface area contributed by atoms with Gasteiger partial charge in [-0.05, 0) is 48.7 Å². The number of anilines is 1. The van der Waals surface area contributed by atoms with Crippen molar-refractivity contribution in [3.8, 4) is 0 Å². The number of amides is 2. The van der Waals surface area contributed by atoms with Crippen LogP contribution in [0.1, 0.15) is 83.6 Å². The molecule has 0 radical (unpaired) electrons. The Morgan fingerprint density at radius 3 is 2.14 bits per heavy atom. The molecule has 0 heterocycles. The maximum atomic E-state index is 13.1. The van der Waals surface area contributed by atoms with E-state index >= 15 is 0 Å². The molecule has 0 aromatic heterocycles. The largest absolute Gasteiger partial charge is 0.481 e. The minimum Gasteiger partial charge on any atom is -0.481 e. The van der Waals surface area contributed by atoms with Crippen molar-refractivity contribution in [2.75, 3.05) is 18.0 Å². The number of hydrogen-bond acceptors (Lipinski definition) is 3. The molecule has 2 aromatic rings. The number of aliphatic carboxylic acids is 1. The van der Waals surface area contributed by atoms with Crippen LogP contribution in [0.2, 0.25) is 0 Å². The lowest BCUT2D eigenvalue weighted by atomic mass is 10.1. The number of carboxylic acids is 1. The van der Waals surface area contributed by atoms with Crippen LogP contribution < -0.4 is 10.2 Å². The third-order valence-electron chi connectivity index (χ3n) is 5.93. The summed E-state index contributed by atoms with van der Waals surface area (Å²) in [4.78, 5) is 28.0. The first-order chi connectivity index (χ1) is 17.0. The lowest BCUT2D eigenvalue weighted by Gasteiger charge is -2.24. The van der Waals surface area contributed by atoms with E-state index in [-0.39, 0.29) is 12.5 Å². The van der Waals surface area contributed by atoms with E-state index in [4.69, 9.17) is 5.11 Å². The summed E-state index contributed by atoms with van der Waals surface area (Å²) >= 11 is 1.62. The average molecular weight is 499 g/mol. The van der Waals surface area contributed by atoms with Gasteiger partial charge in [-0.1, -0.05) is 95.2 Å². The predicted octanol–water partition coefficient (Wildman–Crippen LogP) is 7.92. The second-order valence-electron chi connectivity index (χ2n) is 9.03. The molecule has 0 atom stereocenters. The highest BCUT2D eigenvalue weighted by Gasteiger charge is 2.16. The Morgan fingerprint density at radius 2 is 1.49 bits per heavy atom. The zero-order chi connectivity index (χ0) is 25.3. The molecule has 2 amide bonds. The first kappa shape index (κ1) is 28.8. The SMILES string of the molecule is CCCCCCCNC(=O)N(CCCCCCC)c1cccc(Sc2ccc(CC(=O)O)cc2)c1. The van der Waals surface area contributed by atoms with E-state index in [0.29, 0.717) is 13.1 Å². The summed E-state index contributed by atoms with van der Waals surface area (Å²) in [5.41, 5.74) is 1.70. The Labute approximate surface area is 215 Å². The lowest BCUT2D eigenvalue weighted by molar-refractivity contribution is -0.136. The van der Waals surface area contributed by atoms with Crippen molar-refractivity contribution < 1.29 is 14.7 Å². The van der Waals surface area contributed by atoms with Gasteiger partial charge in [0.25, 0.3) is 0 Å². The second-order valence-corrected chi connectivity index (χ2v) is 10.2. The smallest absolute Gasteiger partial charge is 0.321 e. The van der Waals surface area contributed by atoms with Crippen LogP contribution in [-0.2, 0) is 11.2 Å². The van der Waals surface area contributed by atoms with E-state index in [2.05, 4.69) is 25.2 Å². The van der Waals surface area contributed by atoms with Crippen molar-refractivity contribution in [2.24, 2.45) is 0 Å². The van der Waals surface area contributed by atoms with Crippen molar-refractivity contribution in [1.82, 2.24) is 5.32 Å². The first-order valence-electron chi connectivity index (χ1n) is 13.2. The fourth-order valence-corrected chi connectivity index (χ4v) is 4.81. The van der Waals surface area contributed by atoms with Gasteiger partial charge in [0.05, 0.1) is 6.42 Å². The van der Waals surface area contributed by atoms with Gasteiger partial charge in [-0.15, -0.1) is 0 Å². The van der Waals surface area contributed by atoms with Gasteiger partial charge in [-0.25, -0.2) is 4.79 Å². The van der Waals surface area contributed by atoms with Crippen LogP contribution in [0, 0.1) is 0 Å². The second kappa shape index (κ2) is 17.0. The van der Waals surface area contributed by atoms with Gasteiger partial charge < -0.3 is 10.4 Å². The highest BCUT2D eigenvalue weighted by molar-refractivity contribution is 7.99. The Balaban J connectivity index is 2.03. The summed E-state index contributed by atoms with van der Waals surface area (Å²) in [5.74, 6) is -0.827. The lowest BCUT2D eigenvalue weighted by Crippen LogP contribution is -2.41. The molecule has 0 fully saturated rings. The van der Waals surface area contributed by atoms with Crippen molar-refractivity contribution in [1.29, 1.82) is 0 Å². The predicted molar refractivity (Wildman–Crippen MR) is 147 cm³/mol. The number of nitrogens with one attached hydrogen (secondary N) is 1. The molecule has 35 heavy (non-hydrogen) atoms. The number of rotatable bonds is 17. The maximum Gasteiger partial charge on any atom is 0.321 e. The van der Waals surface area contributed by atoms with Crippen LogP contribution in [0.5, 0.6) is 0 Å². The molecule has 0 aliphatic rings. The van der Waals surface area contributed by atoms with Gasteiger partial charge in [-0.2, -0.15) is 0 Å². The minimum atomic E-state index is -0.827. The van der Waals surface area contributed by atoms with Crippen molar-refractivity contribution in [3.05, 3.63) is 54.1 Å². The van der Waals surface area contributed by atoms with Crippen molar-refractivity contribution >= 4 is 29.4 Å². The van der Waals surface area contributed by atoms with E-state index < -0.39 is 5.97 Å². The number of nitrogens with zero attached hydrogens (tertiary/aromatic N) is 1. The number of hydrogen-bond donors (Lipinski definition) is 2. The maximum absolute atomic E-state index is 13.1. The van der Waals surface area contributed by atoms with Gasteiger partial charge in [0.1, 0.15) is 0 Å². The van der Waals surface area contributed by atoms with Gasteiger partial charge in [0.2, 0.25) is 0 Å². The number of carbonyl (C=O) groups excluding carboxylic acids is 1. The normalized spacial score (nSPS) is 10.8. The van der Waals surface area contributed by atoms with Crippen LogP contribution in [0.3, 0.4) is 0 Å². The quantitative estimate of drug-likeness (QED) is 0.217. The number of carboxylic acid groups (broad SMARTS) is 1. The van der Waals surface area contributed by atoms with Crippen LogP contribution >= 0.6 is 11.8 Å². The molecule has 192 valence electrons. The zero-order valence-corrected chi connectivity index (χ0v) is 22.2. The number of carbonyl (C=O) groups is 2. The van der Waals surface area contributed by atoms with Gasteiger partial charge >= 0.3 is 12.0 Å². The summed E-state index contributed by atoms with van der Waals surface area (Å²) < 4.78 is 0. The molecule has 0 bridgehead atoms. The minimum absolute atomic E-state index is 0.0174. The van der Waals surface area contributed by atoms with Crippen LogP contribution in [0.4, 0.5) is 10.5 Å². The molecule has 2 N–H and O–H groups in total. The van der Waals surface area contributed by atoms with Gasteiger partial charge in [0.15, 0.2) is 0 Å². The van der Waals surface area contributed by atoms with Crippen LogP contribution in [0.25, 0.3) is 0 Å². The van der Waals surface area contributed by atoms with E-state index in [1.54, 1.807) is 11.8 Å². The summed E-state index contributed by atoms with van der Waals surface area (Å²) in [6, 6.07) is 15.7. The number of benzene rings is 2. The third kappa shape index (κ3) is 11.7. The molecule has 0 saturated heterocycles. The first-order valence-corrected chi connectivity index (χ1v) is 14.0. The third-order valence-corrected chi connectivity index (χ3v) is 6.93. The molecule has 6 heteroatoms. The van der Waals surface area contributed by atoms with Gasteiger partial charge in [0, 0.05) is 28.6 Å². The molecule has 0 aliphatic heterocycles. The van der Waals surface area contributed by atoms with Crippen molar-refractivity contribution in [3.63, 3.8) is 0 Å². The zero-order valence-electron chi connectivity index (χ0n) is 21.4. The van der Waals surface area contributed by atoms with E-state index in [1.807, 2.05) is 47.4 Å². The molecular weight excluding hydrogens is 456 g/mol. The molecule has 2 rings (SSSR count).